The van der Waals surface area contributed by atoms with Crippen molar-refractivity contribution >= 4 is 124 Å². The van der Waals surface area contributed by atoms with Crippen LogP contribution in [0.25, 0.3) is 178 Å². The molecule has 2 N–H and O–H groups in total. The molecule has 518 valence electrons. The summed E-state index contributed by atoms with van der Waals surface area (Å²) in [6, 6.07) is 112. The minimum Gasteiger partial charge on any atom is -0.435 e. The first kappa shape index (κ1) is 69.9. The van der Waals surface area contributed by atoms with Gasteiger partial charge in [-0.1, -0.05) is 295 Å². The monoisotopic (exact) mass is 1480 g/mol. The Kier molecular flexibility index (Phi) is 19.8. The van der Waals surface area contributed by atoms with E-state index in [0.717, 1.165) is 166 Å². The van der Waals surface area contributed by atoms with E-state index in [2.05, 4.69) is 222 Å². The molecular weight excluding hydrogens is 1420 g/mol. The predicted octanol–water partition coefficient (Wildman–Crippen LogP) is 24.7. The Labute approximate surface area is 640 Å². The highest BCUT2D eigenvalue weighted by Crippen LogP contribution is 2.44. The van der Waals surface area contributed by atoms with Crippen LogP contribution in [0.4, 0.5) is 4.70 Å². The molecule has 0 spiro atoms. The lowest BCUT2D eigenvalue weighted by atomic mass is 9.81. The van der Waals surface area contributed by atoms with Crippen molar-refractivity contribution in [3.63, 3.8) is 0 Å². The van der Waals surface area contributed by atoms with E-state index in [1.54, 1.807) is 48.5 Å². The van der Waals surface area contributed by atoms with Crippen molar-refractivity contribution in [2.75, 3.05) is 0 Å². The highest BCUT2D eigenvalue weighted by Gasteiger charge is 2.22. The molecule has 0 saturated heterocycles. The van der Waals surface area contributed by atoms with Crippen LogP contribution in [-0.2, 0) is 0 Å². The van der Waals surface area contributed by atoms with E-state index in [4.69, 9.17) is 85.2 Å². The third kappa shape index (κ3) is 14.4. The zero-order chi connectivity index (χ0) is 72.5. The van der Waals surface area contributed by atoms with Crippen molar-refractivity contribution in [2.45, 2.75) is 0 Å². The van der Waals surface area contributed by atoms with E-state index < -0.39 is 7.12 Å². The number of aromatic nitrogens is 6. The van der Waals surface area contributed by atoms with Gasteiger partial charge >= 0.3 is 7.12 Å². The molecule has 6 aromatic heterocycles. The fourth-order valence-electron chi connectivity index (χ4n) is 13.8. The molecule has 108 heavy (non-hydrogen) atoms. The summed E-state index contributed by atoms with van der Waals surface area (Å²) in [4.78, 5) is 28.9. The molecule has 0 aliphatic heterocycles. The SMILES string of the molecule is Clc1cc(-c2cc(-c3cc(Cl)nc(Cl)c3)cc(-c3nc4c5ccccc5c5ccccc5c4o3)c2)cc(Cl)n1.F.OB(O)c1ccccc1.c1ccc(-c2cc(-c3cc(-c4cc(-c5ccccc5)nc(-c5ccccc5)c4)cc(-c4nc5c6ccccc6c6ccccc6c5o4)c3)cc(-c3ccccc3)n2)cc1. The molecule has 0 bridgehead atoms. The van der Waals surface area contributed by atoms with Gasteiger partial charge in [-0.25, -0.2) is 29.9 Å². The molecule has 0 fully saturated rings. The zero-order valence-corrected chi connectivity index (χ0v) is 60.2. The summed E-state index contributed by atoms with van der Waals surface area (Å²) in [5, 5.41) is 27.0. The van der Waals surface area contributed by atoms with Gasteiger partial charge in [0.05, 0.1) is 22.8 Å². The maximum atomic E-state index is 8.58. The summed E-state index contributed by atoms with van der Waals surface area (Å²) in [6.07, 6.45) is 0. The van der Waals surface area contributed by atoms with E-state index >= 15 is 0 Å². The third-order valence-electron chi connectivity index (χ3n) is 18.8. The quantitative estimate of drug-likeness (QED) is 0.0729. The summed E-state index contributed by atoms with van der Waals surface area (Å²) in [5.74, 6) is 1.04. The normalized spacial score (nSPS) is 11.2. The lowest BCUT2D eigenvalue weighted by Crippen LogP contribution is -2.29. The van der Waals surface area contributed by atoms with E-state index in [9.17, 15) is 0 Å². The Morgan fingerprint density at radius 3 is 0.741 bits per heavy atom. The van der Waals surface area contributed by atoms with Crippen molar-refractivity contribution in [2.24, 2.45) is 0 Å². The maximum absolute atomic E-state index is 8.58. The molecule has 0 radical (unpaired) electrons. The Hall–Kier alpha value is -12.5. The van der Waals surface area contributed by atoms with Crippen molar-refractivity contribution in [1.82, 2.24) is 29.9 Å². The molecule has 6 heterocycles. The number of pyridine rings is 4. The fourth-order valence-corrected chi connectivity index (χ4v) is 14.7. The summed E-state index contributed by atoms with van der Waals surface area (Å²) < 4.78 is 13.4. The third-order valence-corrected chi connectivity index (χ3v) is 19.6. The van der Waals surface area contributed by atoms with Gasteiger partial charge in [0.2, 0.25) is 11.8 Å². The van der Waals surface area contributed by atoms with E-state index in [1.165, 1.54) is 0 Å². The van der Waals surface area contributed by atoms with Gasteiger partial charge in [0, 0.05) is 54.9 Å². The topological polar surface area (TPSA) is 144 Å². The van der Waals surface area contributed by atoms with Crippen LogP contribution in [0.3, 0.4) is 0 Å². The van der Waals surface area contributed by atoms with Gasteiger partial charge in [-0.2, -0.15) is 0 Å². The van der Waals surface area contributed by atoms with E-state index in [1.807, 2.05) is 72.8 Å². The van der Waals surface area contributed by atoms with Crippen LogP contribution in [0.1, 0.15) is 0 Å². The van der Waals surface area contributed by atoms with E-state index in [0.29, 0.717) is 37.9 Å². The number of fused-ring (bicyclic) bond motifs is 12. The van der Waals surface area contributed by atoms with Gasteiger partial charge in [0.15, 0.2) is 11.2 Å². The van der Waals surface area contributed by atoms with Crippen LogP contribution >= 0.6 is 46.4 Å². The van der Waals surface area contributed by atoms with Crippen LogP contribution < -0.4 is 5.46 Å². The molecule has 0 aliphatic rings. The molecule has 0 unspecified atom stereocenters. The summed E-state index contributed by atoms with van der Waals surface area (Å²) in [6.45, 7) is 0. The van der Waals surface area contributed by atoms with Crippen LogP contribution in [0, 0.1) is 0 Å². The lowest BCUT2D eigenvalue weighted by Gasteiger charge is -2.14. The van der Waals surface area contributed by atoms with Gasteiger partial charge < -0.3 is 18.9 Å². The zero-order valence-electron chi connectivity index (χ0n) is 57.1. The molecule has 19 rings (SSSR count). The van der Waals surface area contributed by atoms with Gasteiger partial charge in [-0.15, -0.1) is 0 Å². The number of benzene rings is 13. The molecule has 16 heteroatoms. The van der Waals surface area contributed by atoms with Gasteiger partial charge in [-0.3, -0.25) is 4.70 Å². The maximum Gasteiger partial charge on any atom is 0.488 e. The Morgan fingerprint density at radius 1 is 0.222 bits per heavy atom. The average molecular weight is 1480 g/mol. The van der Waals surface area contributed by atoms with Crippen LogP contribution in [-0.4, -0.2) is 47.1 Å². The van der Waals surface area contributed by atoms with Crippen molar-refractivity contribution in [3.05, 3.63) is 354 Å². The summed E-state index contributed by atoms with van der Waals surface area (Å²) in [7, 11) is -1.34. The van der Waals surface area contributed by atoms with Crippen LogP contribution in [0.15, 0.2) is 342 Å². The minimum absolute atomic E-state index is 0. The number of oxazole rings is 2. The number of nitrogens with zero attached hydrogens (tertiary/aromatic N) is 6. The smallest absolute Gasteiger partial charge is 0.435 e. The van der Waals surface area contributed by atoms with Crippen LogP contribution in [0.2, 0.25) is 20.6 Å². The highest BCUT2D eigenvalue weighted by atomic mass is 35.5. The first-order chi connectivity index (χ1) is 52.4. The number of hydrogen-bond acceptors (Lipinski definition) is 10. The standard InChI is InChI=1S/C55H35N3O.C31H15Cl4N3O.C6H7BO2.FH/c1-5-17-36(18-6-1)49-32-42(33-50(56-49)37-19-7-2-8-20-37)40-29-41(43-34-51(38-21-9-3-10-22-38)57-52(35-43)39-23-11-4-12-24-39)31-44(30-40)55-58-53-47-27-15-13-25-45(47)46-26-14-16-28-48(46)54(53)59-55;32-25-12-18(13-26(33)36-25)16-9-17(19-14-27(34)37-28(35)15-19)11-20(10-16)31-38-29-23-7-3-1-5-21(23)22-6-2-4-8-24(22)30(29)39-31;8-7(9)6-4-2-1-3-5-6;/h1-35H;1-15H;1-5,8-9H;1H. The Morgan fingerprint density at radius 2 is 0.454 bits per heavy atom. The predicted molar refractivity (Wildman–Crippen MR) is 442 cm³/mol. The molecule has 19 aromatic rings. The number of halogens is 5. The summed E-state index contributed by atoms with van der Waals surface area (Å²) >= 11 is 25.0. The molecule has 0 atom stereocenters. The average Bonchev–Trinajstić information content (AvgIpc) is 1.56. The molecule has 13 aromatic carbocycles. The highest BCUT2D eigenvalue weighted by molar-refractivity contribution is 6.58. The molecule has 0 saturated carbocycles. The first-order valence-corrected chi connectivity index (χ1v) is 36.0. The Balaban J connectivity index is 0.000000156. The van der Waals surface area contributed by atoms with Gasteiger partial charge in [-0.05, 0) is 156 Å². The van der Waals surface area contributed by atoms with Gasteiger partial charge in [0.25, 0.3) is 0 Å². The van der Waals surface area contributed by atoms with Crippen molar-refractivity contribution < 1.29 is 23.6 Å². The first-order valence-electron chi connectivity index (χ1n) is 34.5. The lowest BCUT2D eigenvalue weighted by molar-refractivity contribution is 0.426. The van der Waals surface area contributed by atoms with Crippen molar-refractivity contribution in [1.29, 1.82) is 0 Å². The molecule has 10 nitrogen and oxygen atoms in total. The largest absolute Gasteiger partial charge is 0.488 e. The van der Waals surface area contributed by atoms with Crippen molar-refractivity contribution in [3.8, 4) is 112 Å². The van der Waals surface area contributed by atoms with Gasteiger partial charge in [0.1, 0.15) is 31.6 Å². The second kappa shape index (κ2) is 30.5. The number of rotatable bonds is 11. The molecular formula is C92H58BCl4FN6O4. The summed E-state index contributed by atoms with van der Waals surface area (Å²) in [5.41, 5.74) is 20.5. The molecule has 0 aliphatic carbocycles. The minimum atomic E-state index is -1.34. The van der Waals surface area contributed by atoms with Crippen LogP contribution in [0.5, 0.6) is 0 Å². The van der Waals surface area contributed by atoms with E-state index in [-0.39, 0.29) is 4.70 Å². The second-order valence-electron chi connectivity index (χ2n) is 25.7. The fraction of sp³-hybridized carbons (Fsp3) is 0. The Bertz CT molecular complexity index is 6040. The molecule has 0 amide bonds. The second-order valence-corrected chi connectivity index (χ2v) is 27.2. The number of hydrogen-bond donors (Lipinski definition) is 2.